The normalized spacial score (nSPS) is 20.2. The fourth-order valence-electron chi connectivity index (χ4n) is 2.15. The maximum Gasteiger partial charge on any atom is 0.313 e. The van der Waals surface area contributed by atoms with Crippen molar-refractivity contribution in [3.63, 3.8) is 0 Å². The van der Waals surface area contributed by atoms with E-state index >= 15 is 0 Å². The van der Waals surface area contributed by atoms with E-state index in [1.54, 1.807) is 43.1 Å². The lowest BCUT2D eigenvalue weighted by molar-refractivity contribution is -0.136. The van der Waals surface area contributed by atoms with Crippen molar-refractivity contribution in [2.75, 3.05) is 30.5 Å². The molecule has 0 spiro atoms. The maximum atomic E-state index is 11.9. The summed E-state index contributed by atoms with van der Waals surface area (Å²) in [6, 6.07) is 8.49. The molecule has 2 amide bonds. The van der Waals surface area contributed by atoms with E-state index in [0.29, 0.717) is 17.8 Å². The molecule has 22 heavy (non-hydrogen) atoms. The number of hydrogen-bond donors (Lipinski definition) is 2. The highest BCUT2D eigenvalue weighted by molar-refractivity contribution is 7.99. The fraction of sp³-hybridized carbons (Fsp3) is 0.400. The van der Waals surface area contributed by atoms with Crippen molar-refractivity contribution in [2.45, 2.75) is 12.0 Å². The van der Waals surface area contributed by atoms with Crippen LogP contribution in [-0.2, 0) is 14.3 Å². The molecule has 7 heteroatoms. The molecule has 0 unspecified atom stereocenters. The summed E-state index contributed by atoms with van der Waals surface area (Å²) in [6.45, 7) is 0.294. The first kappa shape index (κ1) is 16.3. The molecular formula is C15H17N3O3S. The minimum Gasteiger partial charge on any atom is -0.376 e. The average Bonchev–Trinajstić information content (AvgIpc) is 3.02. The number of hydrogen-bond acceptors (Lipinski definition) is 5. The third-order valence-corrected chi connectivity index (χ3v) is 4.80. The summed E-state index contributed by atoms with van der Waals surface area (Å²) < 4.78 is 5.47. The van der Waals surface area contributed by atoms with Crippen LogP contribution in [0.25, 0.3) is 0 Å². The summed E-state index contributed by atoms with van der Waals surface area (Å²) in [4.78, 5) is 23.8. The third-order valence-electron chi connectivity index (χ3n) is 3.57. The summed E-state index contributed by atoms with van der Waals surface area (Å²) in [6.07, 6.45) is 0.841. The van der Waals surface area contributed by atoms with Crippen molar-refractivity contribution in [3.8, 4) is 6.07 Å². The second kappa shape index (κ2) is 7.29. The smallest absolute Gasteiger partial charge is 0.313 e. The van der Waals surface area contributed by atoms with Gasteiger partial charge in [-0.3, -0.25) is 9.59 Å². The lowest BCUT2D eigenvalue weighted by Gasteiger charge is -2.26. The van der Waals surface area contributed by atoms with Crippen LogP contribution in [-0.4, -0.2) is 42.6 Å². The first-order valence-corrected chi connectivity index (χ1v) is 7.97. The second-order valence-corrected chi connectivity index (χ2v) is 6.09. The van der Waals surface area contributed by atoms with Crippen LogP contribution in [0.5, 0.6) is 0 Å². The lowest BCUT2D eigenvalue weighted by Crippen LogP contribution is -2.47. The molecule has 0 aromatic heterocycles. The molecular weight excluding hydrogens is 302 g/mol. The van der Waals surface area contributed by atoms with E-state index in [9.17, 15) is 9.59 Å². The SMILES string of the molecule is CO[C@]1(CNC(=O)C(=O)Nc2ccccc2C#N)CCSC1. The van der Waals surface area contributed by atoms with E-state index in [-0.39, 0.29) is 0 Å². The van der Waals surface area contributed by atoms with Crippen LogP contribution < -0.4 is 10.6 Å². The molecule has 116 valence electrons. The van der Waals surface area contributed by atoms with Crippen LogP contribution in [0.4, 0.5) is 5.69 Å². The minimum absolute atomic E-state index is 0.294. The molecule has 1 aliphatic heterocycles. The summed E-state index contributed by atoms with van der Waals surface area (Å²) in [5.74, 6) is 0.245. The summed E-state index contributed by atoms with van der Waals surface area (Å²) >= 11 is 1.76. The van der Waals surface area contributed by atoms with Gasteiger partial charge >= 0.3 is 11.8 Å². The number of nitrogens with zero attached hydrogens (tertiary/aromatic N) is 1. The molecule has 1 fully saturated rings. The summed E-state index contributed by atoms with van der Waals surface area (Å²) in [7, 11) is 1.61. The number of thioether (sulfide) groups is 1. The molecule has 6 nitrogen and oxygen atoms in total. The Hall–Kier alpha value is -2.04. The standard InChI is InChI=1S/C15H17N3O3S/c1-21-15(6-7-22-10-15)9-17-13(19)14(20)18-12-5-3-2-4-11(12)8-16/h2-5H,6-7,9-10H2,1H3,(H,17,19)(H,18,20)/t15-/m0/s1. The van der Waals surface area contributed by atoms with E-state index < -0.39 is 17.4 Å². The predicted octanol–water partition coefficient (Wildman–Crippen LogP) is 1.14. The molecule has 1 aliphatic rings. The van der Waals surface area contributed by atoms with Gasteiger partial charge in [0.25, 0.3) is 0 Å². The quantitative estimate of drug-likeness (QED) is 0.812. The number of benzene rings is 1. The Morgan fingerprint density at radius 3 is 2.82 bits per heavy atom. The van der Waals surface area contributed by atoms with Gasteiger partial charge in [-0.05, 0) is 24.3 Å². The summed E-state index contributed by atoms with van der Waals surface area (Å²) in [5.41, 5.74) is 0.234. The molecule has 1 aromatic carbocycles. The van der Waals surface area contributed by atoms with Crippen LogP contribution in [0.2, 0.25) is 0 Å². The van der Waals surface area contributed by atoms with Crippen molar-refractivity contribution in [3.05, 3.63) is 29.8 Å². The monoisotopic (exact) mass is 319 g/mol. The van der Waals surface area contributed by atoms with Gasteiger partial charge in [-0.1, -0.05) is 12.1 Å². The Balaban J connectivity index is 1.92. The van der Waals surface area contributed by atoms with Crippen LogP contribution in [0.15, 0.2) is 24.3 Å². The number of nitriles is 1. The Kier molecular flexibility index (Phi) is 5.41. The van der Waals surface area contributed by atoms with Gasteiger partial charge in [-0.2, -0.15) is 17.0 Å². The number of carbonyl (C=O) groups is 2. The van der Waals surface area contributed by atoms with Gasteiger partial charge in [0.2, 0.25) is 0 Å². The van der Waals surface area contributed by atoms with Gasteiger partial charge in [-0.15, -0.1) is 0 Å². The van der Waals surface area contributed by atoms with Crippen LogP contribution in [0.1, 0.15) is 12.0 Å². The van der Waals surface area contributed by atoms with Gasteiger partial charge < -0.3 is 15.4 Å². The van der Waals surface area contributed by atoms with Crippen molar-refractivity contribution >= 4 is 29.3 Å². The number of anilines is 1. The Bertz CT molecular complexity index is 606. The summed E-state index contributed by atoms with van der Waals surface area (Å²) in [5, 5.41) is 14.0. The zero-order chi connectivity index (χ0) is 16.0. The van der Waals surface area contributed by atoms with Gasteiger partial charge in [0.1, 0.15) is 6.07 Å². The Morgan fingerprint density at radius 2 is 2.18 bits per heavy atom. The molecule has 2 rings (SSSR count). The van der Waals surface area contributed by atoms with Crippen molar-refractivity contribution in [1.29, 1.82) is 5.26 Å². The van der Waals surface area contributed by atoms with Crippen LogP contribution in [0, 0.1) is 11.3 Å². The predicted molar refractivity (Wildman–Crippen MR) is 84.5 cm³/mol. The molecule has 1 aromatic rings. The minimum atomic E-state index is -0.792. The van der Waals surface area contributed by atoms with Crippen molar-refractivity contribution in [2.24, 2.45) is 0 Å². The Labute approximate surface area is 133 Å². The van der Waals surface area contributed by atoms with E-state index in [0.717, 1.165) is 17.9 Å². The highest BCUT2D eigenvalue weighted by atomic mass is 32.2. The number of methoxy groups -OCH3 is 1. The second-order valence-electron chi connectivity index (χ2n) is 4.98. The number of ether oxygens (including phenoxy) is 1. The molecule has 2 N–H and O–H groups in total. The van der Waals surface area contributed by atoms with Gasteiger partial charge in [0.15, 0.2) is 0 Å². The lowest BCUT2D eigenvalue weighted by atomic mass is 10.0. The third kappa shape index (κ3) is 3.78. The topological polar surface area (TPSA) is 91.2 Å². The fourth-order valence-corrected chi connectivity index (χ4v) is 3.55. The van der Waals surface area contributed by atoms with Crippen molar-refractivity contribution in [1.82, 2.24) is 5.32 Å². The number of para-hydroxylation sites is 1. The van der Waals surface area contributed by atoms with Gasteiger partial charge in [0.05, 0.1) is 16.9 Å². The zero-order valence-electron chi connectivity index (χ0n) is 12.2. The number of rotatable bonds is 4. The zero-order valence-corrected chi connectivity index (χ0v) is 13.0. The number of amides is 2. The van der Waals surface area contributed by atoms with Crippen molar-refractivity contribution < 1.29 is 14.3 Å². The number of carbonyl (C=O) groups excluding carboxylic acids is 2. The van der Waals surface area contributed by atoms with E-state index in [4.69, 9.17) is 10.00 Å². The number of nitrogens with one attached hydrogen (secondary N) is 2. The molecule has 0 bridgehead atoms. The highest BCUT2D eigenvalue weighted by Crippen LogP contribution is 2.30. The van der Waals surface area contributed by atoms with E-state index in [1.165, 1.54) is 0 Å². The maximum absolute atomic E-state index is 11.9. The molecule has 0 aliphatic carbocycles. The van der Waals surface area contributed by atoms with E-state index in [1.807, 2.05) is 6.07 Å². The van der Waals surface area contributed by atoms with Gasteiger partial charge in [0, 0.05) is 19.4 Å². The first-order valence-electron chi connectivity index (χ1n) is 6.81. The molecule has 0 saturated carbocycles. The molecule has 1 saturated heterocycles. The largest absolute Gasteiger partial charge is 0.376 e. The highest BCUT2D eigenvalue weighted by Gasteiger charge is 2.35. The van der Waals surface area contributed by atoms with E-state index in [2.05, 4.69) is 10.6 Å². The van der Waals surface area contributed by atoms with Crippen LogP contribution >= 0.6 is 11.8 Å². The molecule has 1 heterocycles. The molecule has 0 radical (unpaired) electrons. The first-order chi connectivity index (χ1) is 10.6. The Morgan fingerprint density at radius 1 is 1.41 bits per heavy atom. The average molecular weight is 319 g/mol. The van der Waals surface area contributed by atoms with Gasteiger partial charge in [-0.25, -0.2) is 0 Å². The molecule has 1 atom stereocenters. The van der Waals surface area contributed by atoms with Crippen LogP contribution in [0.3, 0.4) is 0 Å².